The summed E-state index contributed by atoms with van der Waals surface area (Å²) < 4.78 is 10.9. The standard InChI is InChI=1S/C15H27O2/c1-13(11-15-3-2-8-17-12-15)4-5-14-6-9-16-10-7-14/h4,13-15H,2-3,5-12H2,1H3. The van der Waals surface area contributed by atoms with E-state index in [-0.39, 0.29) is 0 Å². The summed E-state index contributed by atoms with van der Waals surface area (Å²) in [6.07, 6.45) is 10.3. The van der Waals surface area contributed by atoms with Crippen LogP contribution >= 0.6 is 0 Å². The van der Waals surface area contributed by atoms with E-state index in [9.17, 15) is 0 Å². The van der Waals surface area contributed by atoms with Crippen molar-refractivity contribution in [1.29, 1.82) is 0 Å². The molecule has 0 aromatic heterocycles. The maximum atomic E-state index is 5.55. The Morgan fingerprint density at radius 2 is 1.88 bits per heavy atom. The van der Waals surface area contributed by atoms with Crippen molar-refractivity contribution < 1.29 is 9.47 Å². The van der Waals surface area contributed by atoms with Crippen LogP contribution in [0.2, 0.25) is 0 Å². The minimum atomic E-state index is 0.754. The van der Waals surface area contributed by atoms with Crippen LogP contribution in [0, 0.1) is 24.2 Å². The van der Waals surface area contributed by atoms with Gasteiger partial charge in [0, 0.05) is 26.4 Å². The van der Waals surface area contributed by atoms with Gasteiger partial charge >= 0.3 is 0 Å². The molecule has 2 aliphatic rings. The average molecular weight is 239 g/mol. The third-order valence-corrected chi connectivity index (χ3v) is 4.17. The molecule has 2 saturated heterocycles. The molecule has 2 heteroatoms. The van der Waals surface area contributed by atoms with Gasteiger partial charge in [-0.05, 0) is 62.7 Å². The van der Waals surface area contributed by atoms with Crippen LogP contribution in [0.5, 0.6) is 0 Å². The first-order valence-corrected chi connectivity index (χ1v) is 7.33. The molecule has 99 valence electrons. The summed E-state index contributed by atoms with van der Waals surface area (Å²) in [6.45, 7) is 6.30. The van der Waals surface area contributed by atoms with Gasteiger partial charge in [-0.25, -0.2) is 0 Å². The summed E-state index contributed by atoms with van der Waals surface area (Å²) in [4.78, 5) is 0. The second-order valence-electron chi connectivity index (χ2n) is 5.82. The maximum Gasteiger partial charge on any atom is 0.0494 e. The van der Waals surface area contributed by atoms with Crippen LogP contribution in [-0.2, 0) is 9.47 Å². The molecule has 0 aromatic carbocycles. The van der Waals surface area contributed by atoms with Gasteiger partial charge in [0.2, 0.25) is 0 Å². The summed E-state index contributed by atoms with van der Waals surface area (Å²) in [6, 6.07) is 0. The van der Waals surface area contributed by atoms with Gasteiger partial charge in [0.15, 0.2) is 0 Å². The molecule has 0 aromatic rings. The van der Waals surface area contributed by atoms with Gasteiger partial charge in [-0.3, -0.25) is 0 Å². The highest BCUT2D eigenvalue weighted by Crippen LogP contribution is 2.27. The fraction of sp³-hybridized carbons (Fsp3) is 0.933. The minimum Gasteiger partial charge on any atom is -0.381 e. The third-order valence-electron chi connectivity index (χ3n) is 4.17. The molecule has 2 aliphatic heterocycles. The normalized spacial score (nSPS) is 29.1. The Kier molecular flexibility index (Phi) is 5.79. The lowest BCUT2D eigenvalue weighted by Crippen LogP contribution is -2.20. The summed E-state index contributed by atoms with van der Waals surface area (Å²) >= 11 is 0. The Morgan fingerprint density at radius 1 is 1.06 bits per heavy atom. The lowest BCUT2D eigenvalue weighted by Gasteiger charge is -2.26. The van der Waals surface area contributed by atoms with Gasteiger partial charge in [0.05, 0.1) is 0 Å². The molecular weight excluding hydrogens is 212 g/mol. The van der Waals surface area contributed by atoms with E-state index in [1.807, 2.05) is 0 Å². The van der Waals surface area contributed by atoms with Crippen molar-refractivity contribution in [3.8, 4) is 0 Å². The highest BCUT2D eigenvalue weighted by Gasteiger charge is 2.19. The number of ether oxygens (including phenoxy) is 2. The molecule has 2 atom stereocenters. The minimum absolute atomic E-state index is 0.754. The second-order valence-corrected chi connectivity index (χ2v) is 5.82. The zero-order valence-electron chi connectivity index (χ0n) is 11.2. The van der Waals surface area contributed by atoms with E-state index in [1.165, 1.54) is 38.5 Å². The van der Waals surface area contributed by atoms with E-state index in [2.05, 4.69) is 13.3 Å². The zero-order valence-corrected chi connectivity index (χ0v) is 11.2. The van der Waals surface area contributed by atoms with E-state index in [0.717, 1.165) is 44.2 Å². The van der Waals surface area contributed by atoms with E-state index >= 15 is 0 Å². The van der Waals surface area contributed by atoms with Crippen LogP contribution in [0.15, 0.2) is 0 Å². The van der Waals surface area contributed by atoms with E-state index in [4.69, 9.17) is 9.47 Å². The van der Waals surface area contributed by atoms with Crippen molar-refractivity contribution in [3.05, 3.63) is 6.42 Å². The number of hydrogen-bond donors (Lipinski definition) is 0. The largest absolute Gasteiger partial charge is 0.381 e. The van der Waals surface area contributed by atoms with Crippen molar-refractivity contribution >= 4 is 0 Å². The Balaban J connectivity index is 1.57. The van der Waals surface area contributed by atoms with Crippen LogP contribution in [-0.4, -0.2) is 26.4 Å². The molecule has 2 fully saturated rings. The Bertz CT molecular complexity index is 193. The average Bonchev–Trinajstić information content (AvgIpc) is 2.39. The predicted molar refractivity (Wildman–Crippen MR) is 69.8 cm³/mol. The van der Waals surface area contributed by atoms with Crippen molar-refractivity contribution in [2.75, 3.05) is 26.4 Å². The number of rotatable bonds is 5. The van der Waals surface area contributed by atoms with Crippen LogP contribution in [0.3, 0.4) is 0 Å². The third kappa shape index (κ3) is 4.97. The molecule has 0 saturated carbocycles. The first kappa shape index (κ1) is 13.4. The SMILES string of the molecule is CC([CH]CC1CCOCC1)CC1CCCOC1. The molecule has 2 heterocycles. The first-order valence-electron chi connectivity index (χ1n) is 7.33. The van der Waals surface area contributed by atoms with Crippen molar-refractivity contribution in [3.63, 3.8) is 0 Å². The molecule has 2 unspecified atom stereocenters. The fourth-order valence-corrected chi connectivity index (χ4v) is 3.02. The first-order chi connectivity index (χ1) is 8.34. The Hall–Kier alpha value is -0.0800. The molecule has 1 radical (unpaired) electrons. The topological polar surface area (TPSA) is 18.5 Å². The lowest BCUT2D eigenvalue weighted by atomic mass is 9.85. The summed E-state index contributed by atoms with van der Waals surface area (Å²) in [5, 5.41) is 0. The predicted octanol–water partition coefficient (Wildman–Crippen LogP) is 3.46. The van der Waals surface area contributed by atoms with Crippen molar-refractivity contribution in [1.82, 2.24) is 0 Å². The van der Waals surface area contributed by atoms with E-state index < -0.39 is 0 Å². The molecule has 0 aliphatic carbocycles. The molecule has 2 nitrogen and oxygen atoms in total. The van der Waals surface area contributed by atoms with Gasteiger partial charge in [-0.2, -0.15) is 0 Å². The fourth-order valence-electron chi connectivity index (χ4n) is 3.02. The van der Waals surface area contributed by atoms with Crippen LogP contribution < -0.4 is 0 Å². The Morgan fingerprint density at radius 3 is 2.59 bits per heavy atom. The van der Waals surface area contributed by atoms with Gasteiger partial charge in [-0.1, -0.05) is 6.92 Å². The summed E-state index contributed by atoms with van der Waals surface area (Å²) in [7, 11) is 0. The smallest absolute Gasteiger partial charge is 0.0494 e. The van der Waals surface area contributed by atoms with Gasteiger partial charge in [0.25, 0.3) is 0 Å². The van der Waals surface area contributed by atoms with E-state index in [1.54, 1.807) is 0 Å². The molecule has 0 N–H and O–H groups in total. The summed E-state index contributed by atoms with van der Waals surface area (Å²) in [5.41, 5.74) is 0. The Labute approximate surface area is 106 Å². The van der Waals surface area contributed by atoms with E-state index in [0.29, 0.717) is 0 Å². The van der Waals surface area contributed by atoms with Gasteiger partial charge in [-0.15, -0.1) is 0 Å². The molecule has 17 heavy (non-hydrogen) atoms. The molecule has 0 amide bonds. The number of hydrogen-bond acceptors (Lipinski definition) is 2. The summed E-state index contributed by atoms with van der Waals surface area (Å²) in [5.74, 6) is 2.45. The molecule has 0 spiro atoms. The van der Waals surface area contributed by atoms with Crippen LogP contribution in [0.25, 0.3) is 0 Å². The van der Waals surface area contributed by atoms with Gasteiger partial charge < -0.3 is 9.47 Å². The quantitative estimate of drug-likeness (QED) is 0.731. The highest BCUT2D eigenvalue weighted by atomic mass is 16.5. The van der Waals surface area contributed by atoms with Crippen LogP contribution in [0.1, 0.15) is 45.4 Å². The zero-order chi connectivity index (χ0) is 11.9. The highest BCUT2D eigenvalue weighted by molar-refractivity contribution is 4.80. The monoisotopic (exact) mass is 239 g/mol. The van der Waals surface area contributed by atoms with Gasteiger partial charge in [0.1, 0.15) is 0 Å². The lowest BCUT2D eigenvalue weighted by molar-refractivity contribution is 0.0464. The maximum absolute atomic E-state index is 5.55. The van der Waals surface area contributed by atoms with Crippen LogP contribution in [0.4, 0.5) is 0 Å². The molecular formula is C15H27O2. The molecule has 0 bridgehead atoms. The van der Waals surface area contributed by atoms with Crippen molar-refractivity contribution in [2.24, 2.45) is 17.8 Å². The second kappa shape index (κ2) is 7.38. The molecule has 2 rings (SSSR count). The van der Waals surface area contributed by atoms with Crippen molar-refractivity contribution in [2.45, 2.75) is 45.4 Å².